The first-order valence-electron chi connectivity index (χ1n) is 8.84. The van der Waals surface area contributed by atoms with E-state index >= 15 is 0 Å². The van der Waals surface area contributed by atoms with Crippen LogP contribution in [-0.4, -0.2) is 49.5 Å². The number of aliphatic imine (C=N–C) groups is 1. The molecule has 0 bridgehead atoms. The highest BCUT2D eigenvalue weighted by Crippen LogP contribution is 2.39. The van der Waals surface area contributed by atoms with E-state index in [1.807, 2.05) is 30.3 Å². The van der Waals surface area contributed by atoms with Gasteiger partial charge in [-0.05, 0) is 30.3 Å². The van der Waals surface area contributed by atoms with Crippen LogP contribution in [0, 0.1) is 0 Å². The predicted molar refractivity (Wildman–Crippen MR) is 104 cm³/mol. The number of carbonyl (C=O) groups excluding carboxylic acids is 1. The topological polar surface area (TPSA) is 63.2 Å². The molecule has 4 rings (SSSR count). The molecule has 1 fully saturated rings. The molecule has 1 atom stereocenters. The van der Waals surface area contributed by atoms with Gasteiger partial charge in [0.15, 0.2) is 5.75 Å². The van der Waals surface area contributed by atoms with Crippen LogP contribution >= 0.6 is 11.6 Å². The minimum absolute atomic E-state index is 0.00376. The fraction of sp³-hybridized carbons (Fsp3) is 0.300. The molecule has 1 N–H and O–H groups in total. The van der Waals surface area contributed by atoms with Gasteiger partial charge < -0.3 is 19.7 Å². The Morgan fingerprint density at radius 3 is 3.04 bits per heavy atom. The maximum atomic E-state index is 11.7. The molecule has 0 aliphatic carbocycles. The number of methoxy groups -OCH3 is 1. The maximum absolute atomic E-state index is 11.7. The Kier molecular flexibility index (Phi) is 5.01. The zero-order valence-electron chi connectivity index (χ0n) is 14.9. The molecular formula is C20H20ClN3O3. The van der Waals surface area contributed by atoms with Gasteiger partial charge in [-0.15, -0.1) is 0 Å². The van der Waals surface area contributed by atoms with Crippen LogP contribution in [0.25, 0.3) is 0 Å². The average molecular weight is 386 g/mol. The fourth-order valence-electron chi connectivity index (χ4n) is 3.38. The standard InChI is InChI=1S/C20H20ClN3O3/c1-26-19(25)11-14-12-24(9-8-22-14)20-15-4-2-3-5-17(15)27-18-7-6-13(21)10-16(18)23-20/h2-7,10,14,22H,8-9,11-12H2,1H3/t14-/m1/s1. The molecule has 6 nitrogen and oxygen atoms in total. The number of halogens is 1. The number of piperazine rings is 1. The van der Waals surface area contributed by atoms with Gasteiger partial charge in [-0.3, -0.25) is 4.79 Å². The SMILES string of the molecule is COC(=O)C[C@@H]1CN(C2=Nc3cc(Cl)ccc3Oc3ccccc32)CCN1. The highest BCUT2D eigenvalue weighted by Gasteiger charge is 2.28. The lowest BCUT2D eigenvalue weighted by molar-refractivity contribution is -0.141. The molecule has 2 aromatic carbocycles. The summed E-state index contributed by atoms with van der Waals surface area (Å²) in [7, 11) is 1.41. The van der Waals surface area contributed by atoms with Crippen LogP contribution in [0.1, 0.15) is 12.0 Å². The van der Waals surface area contributed by atoms with Gasteiger partial charge in [0.05, 0.1) is 19.1 Å². The lowest BCUT2D eigenvalue weighted by Crippen LogP contribution is -2.53. The van der Waals surface area contributed by atoms with Crippen molar-refractivity contribution < 1.29 is 14.3 Å². The van der Waals surface area contributed by atoms with Gasteiger partial charge in [0, 0.05) is 30.7 Å². The molecule has 2 aliphatic rings. The summed E-state index contributed by atoms with van der Waals surface area (Å²) in [5, 5.41) is 3.98. The zero-order chi connectivity index (χ0) is 18.8. The Morgan fingerprint density at radius 2 is 2.19 bits per heavy atom. The number of carbonyl (C=O) groups is 1. The van der Waals surface area contributed by atoms with E-state index < -0.39 is 0 Å². The highest BCUT2D eigenvalue weighted by atomic mass is 35.5. The van der Waals surface area contributed by atoms with Crippen molar-refractivity contribution in [1.29, 1.82) is 0 Å². The second kappa shape index (κ2) is 7.58. The summed E-state index contributed by atoms with van der Waals surface area (Å²) < 4.78 is 10.9. The van der Waals surface area contributed by atoms with E-state index in [9.17, 15) is 4.79 Å². The minimum atomic E-state index is -0.224. The quantitative estimate of drug-likeness (QED) is 0.803. The third-order valence-corrected chi connectivity index (χ3v) is 4.93. The van der Waals surface area contributed by atoms with Crippen molar-refractivity contribution in [1.82, 2.24) is 10.2 Å². The van der Waals surface area contributed by atoms with E-state index in [2.05, 4.69) is 10.2 Å². The summed E-state index contributed by atoms with van der Waals surface area (Å²) in [6, 6.07) is 13.3. The van der Waals surface area contributed by atoms with Crippen molar-refractivity contribution in [2.75, 3.05) is 26.7 Å². The van der Waals surface area contributed by atoms with Crippen LogP contribution in [-0.2, 0) is 9.53 Å². The van der Waals surface area contributed by atoms with E-state index in [-0.39, 0.29) is 12.0 Å². The van der Waals surface area contributed by atoms with Crippen molar-refractivity contribution in [2.24, 2.45) is 4.99 Å². The lowest BCUT2D eigenvalue weighted by Gasteiger charge is -2.35. The van der Waals surface area contributed by atoms with Gasteiger partial charge in [0.25, 0.3) is 0 Å². The van der Waals surface area contributed by atoms with E-state index in [4.69, 9.17) is 26.1 Å². The number of ether oxygens (including phenoxy) is 2. The van der Waals surface area contributed by atoms with Crippen molar-refractivity contribution in [3.05, 3.63) is 53.1 Å². The van der Waals surface area contributed by atoms with Crippen molar-refractivity contribution in [3.63, 3.8) is 0 Å². The average Bonchev–Trinajstić information content (AvgIpc) is 2.84. The summed E-state index contributed by atoms with van der Waals surface area (Å²) in [6.07, 6.45) is 0.320. The molecule has 0 unspecified atom stereocenters. The smallest absolute Gasteiger partial charge is 0.307 e. The Bertz CT molecular complexity index is 900. The lowest BCUT2D eigenvalue weighted by atomic mass is 10.1. The summed E-state index contributed by atoms with van der Waals surface area (Å²) in [4.78, 5) is 18.7. The van der Waals surface area contributed by atoms with Gasteiger partial charge in [-0.25, -0.2) is 4.99 Å². The summed E-state index contributed by atoms with van der Waals surface area (Å²) >= 11 is 6.17. The zero-order valence-corrected chi connectivity index (χ0v) is 15.7. The van der Waals surface area contributed by atoms with Crippen molar-refractivity contribution >= 4 is 29.1 Å². The molecule has 0 spiro atoms. The van der Waals surface area contributed by atoms with Gasteiger partial charge in [0.2, 0.25) is 0 Å². The number of amidine groups is 1. The molecule has 0 aromatic heterocycles. The van der Waals surface area contributed by atoms with Crippen molar-refractivity contribution in [3.8, 4) is 11.5 Å². The maximum Gasteiger partial charge on any atom is 0.307 e. The molecule has 1 saturated heterocycles. The molecule has 7 heteroatoms. The number of nitrogens with zero attached hydrogens (tertiary/aromatic N) is 2. The normalized spacial score (nSPS) is 18.5. The Morgan fingerprint density at radius 1 is 1.33 bits per heavy atom. The first kappa shape index (κ1) is 17.8. The van der Waals surface area contributed by atoms with Gasteiger partial charge in [-0.2, -0.15) is 0 Å². The van der Waals surface area contributed by atoms with E-state index in [1.165, 1.54) is 7.11 Å². The first-order chi connectivity index (χ1) is 13.1. The van der Waals surface area contributed by atoms with Gasteiger partial charge in [0.1, 0.15) is 17.3 Å². The van der Waals surface area contributed by atoms with Crippen LogP contribution < -0.4 is 10.1 Å². The number of rotatable bonds is 2. The van der Waals surface area contributed by atoms with Crippen LogP contribution in [0.3, 0.4) is 0 Å². The number of hydrogen-bond donors (Lipinski definition) is 1. The minimum Gasteiger partial charge on any atom is -0.469 e. The Hall–Kier alpha value is -2.57. The largest absolute Gasteiger partial charge is 0.469 e. The molecule has 2 heterocycles. The Labute approximate surface area is 162 Å². The second-order valence-electron chi connectivity index (χ2n) is 6.52. The number of para-hydroxylation sites is 1. The number of fused-ring (bicyclic) bond motifs is 2. The Balaban J connectivity index is 1.72. The van der Waals surface area contributed by atoms with Crippen LogP contribution in [0.4, 0.5) is 5.69 Å². The number of nitrogens with one attached hydrogen (secondary N) is 1. The molecule has 140 valence electrons. The third kappa shape index (κ3) is 3.77. The molecule has 2 aromatic rings. The van der Waals surface area contributed by atoms with Crippen LogP contribution in [0.2, 0.25) is 5.02 Å². The molecule has 27 heavy (non-hydrogen) atoms. The summed E-state index contributed by atoms with van der Waals surface area (Å²) in [5.41, 5.74) is 1.61. The third-order valence-electron chi connectivity index (χ3n) is 4.69. The second-order valence-corrected chi connectivity index (χ2v) is 6.96. The number of esters is 1. The van der Waals surface area contributed by atoms with Crippen LogP contribution in [0.5, 0.6) is 11.5 Å². The molecule has 0 saturated carbocycles. The molecule has 0 amide bonds. The van der Waals surface area contributed by atoms with E-state index in [0.29, 0.717) is 29.4 Å². The summed E-state index contributed by atoms with van der Waals surface area (Å²) in [6.45, 7) is 2.19. The number of benzene rings is 2. The van der Waals surface area contributed by atoms with E-state index in [0.717, 1.165) is 30.2 Å². The number of hydrogen-bond acceptors (Lipinski definition) is 6. The van der Waals surface area contributed by atoms with Crippen LogP contribution in [0.15, 0.2) is 47.5 Å². The van der Waals surface area contributed by atoms with Gasteiger partial charge in [-0.1, -0.05) is 23.7 Å². The van der Waals surface area contributed by atoms with Crippen molar-refractivity contribution in [2.45, 2.75) is 12.5 Å². The molecule has 0 radical (unpaired) electrons. The molecular weight excluding hydrogens is 366 g/mol. The fourth-order valence-corrected chi connectivity index (χ4v) is 3.54. The monoisotopic (exact) mass is 385 g/mol. The summed E-state index contributed by atoms with van der Waals surface area (Å²) in [5.74, 6) is 2.02. The molecule has 2 aliphatic heterocycles. The first-order valence-corrected chi connectivity index (χ1v) is 9.22. The highest BCUT2D eigenvalue weighted by molar-refractivity contribution is 6.31. The predicted octanol–water partition coefficient (Wildman–Crippen LogP) is 3.36. The van der Waals surface area contributed by atoms with E-state index in [1.54, 1.807) is 12.1 Å². The van der Waals surface area contributed by atoms with Gasteiger partial charge >= 0.3 is 5.97 Å².